The molecule has 1 saturated carbocycles. The van der Waals surface area contributed by atoms with Crippen LogP contribution in [0.5, 0.6) is 0 Å². The predicted octanol–water partition coefficient (Wildman–Crippen LogP) is -3.98. The zero-order valence-corrected chi connectivity index (χ0v) is 24.0. The van der Waals surface area contributed by atoms with Crippen molar-refractivity contribution >= 4 is 12.2 Å². The third-order valence-corrected chi connectivity index (χ3v) is 3.81. The van der Waals surface area contributed by atoms with Gasteiger partial charge in [0, 0.05) is 0 Å². The molecule has 2 aromatic rings. The molecule has 2 aromatic carbocycles. The molecule has 6 heteroatoms. The average Bonchev–Trinajstić information content (AvgIpc) is 3.08. The van der Waals surface area contributed by atoms with Crippen molar-refractivity contribution < 1.29 is 97.1 Å². The summed E-state index contributed by atoms with van der Waals surface area (Å²) in [4.78, 5) is 0. The Morgan fingerprint density at radius 3 is 1.28 bits per heavy atom. The molecule has 1 fully saturated rings. The fourth-order valence-corrected chi connectivity index (χ4v) is 2.34. The van der Waals surface area contributed by atoms with E-state index < -0.39 is 11.2 Å². The summed E-state index contributed by atoms with van der Waals surface area (Å²) in [5, 5.41) is 24.8. The van der Waals surface area contributed by atoms with E-state index in [9.17, 15) is 10.2 Å². The quantitative estimate of drug-likeness (QED) is 0.248. The van der Waals surface area contributed by atoms with Gasteiger partial charge in [-0.3, -0.25) is 0 Å². The van der Waals surface area contributed by atoms with E-state index in [2.05, 4.69) is 0 Å². The minimum Gasteiger partial charge on any atom is -1.00 e. The van der Waals surface area contributed by atoms with Gasteiger partial charge < -0.3 is 58.2 Å². The van der Waals surface area contributed by atoms with E-state index in [1.54, 1.807) is 12.2 Å². The van der Waals surface area contributed by atoms with Crippen molar-refractivity contribution in [2.45, 2.75) is 17.6 Å². The minimum atomic E-state index is -1.53. The van der Waals surface area contributed by atoms with E-state index in [-0.39, 0.29) is 93.3 Å². The number of halogens is 2. The van der Waals surface area contributed by atoms with Crippen LogP contribution in [0.1, 0.15) is 17.5 Å². The first-order valence-electron chi connectivity index (χ1n) is 7.01. The molecule has 0 heterocycles. The second-order valence-corrected chi connectivity index (χ2v) is 5.44. The Labute approximate surface area is 208 Å². The van der Waals surface area contributed by atoms with Crippen LogP contribution in [0, 0.1) is 0 Å². The van der Waals surface area contributed by atoms with Gasteiger partial charge in [-0.15, -0.1) is 11.2 Å². The Morgan fingerprint density at radius 1 is 0.640 bits per heavy atom. The van der Waals surface area contributed by atoms with Crippen molar-refractivity contribution in [1.29, 1.82) is 0 Å². The smallest absolute Gasteiger partial charge is 1.00 e. The third-order valence-electron chi connectivity index (χ3n) is 3.81. The van der Waals surface area contributed by atoms with Crippen LogP contribution in [0.25, 0.3) is 12.2 Å². The number of benzene rings is 2. The fraction of sp³-hybridized carbons (Fsp3) is 0.158. The molecule has 2 nitrogen and oxygen atoms in total. The molecule has 2 unspecified atom stereocenters. The summed E-state index contributed by atoms with van der Waals surface area (Å²) in [6.07, 6.45) is 6.59. The van der Waals surface area contributed by atoms with Gasteiger partial charge >= 0.3 is 39.0 Å². The van der Waals surface area contributed by atoms with E-state index in [1.807, 2.05) is 60.7 Å². The van der Waals surface area contributed by atoms with Gasteiger partial charge in [0.1, 0.15) is 0 Å². The maximum absolute atomic E-state index is 12.4. The molecule has 0 amide bonds. The largest absolute Gasteiger partial charge is 2.00 e. The number of hydrogen-bond donors (Lipinski definition) is 0. The van der Waals surface area contributed by atoms with Crippen LogP contribution in [0.4, 0.5) is 0 Å². The molecule has 1 aliphatic carbocycles. The summed E-state index contributed by atoms with van der Waals surface area (Å²) in [6, 6.07) is 19.1. The van der Waals surface area contributed by atoms with Crippen LogP contribution in [-0.2, 0) is 39.0 Å². The van der Waals surface area contributed by atoms with E-state index in [1.165, 1.54) is 12.2 Å². The van der Waals surface area contributed by atoms with Crippen molar-refractivity contribution in [2.75, 3.05) is 0 Å². The van der Waals surface area contributed by atoms with Crippen LogP contribution in [-0.4, -0.2) is 11.2 Å². The van der Waals surface area contributed by atoms with Crippen molar-refractivity contribution in [1.82, 2.24) is 0 Å². The maximum Gasteiger partial charge on any atom is 2.00 e. The predicted molar refractivity (Wildman–Crippen MR) is 81.0 cm³/mol. The molecule has 0 spiro atoms. The van der Waals surface area contributed by atoms with Gasteiger partial charge in [0.15, 0.2) is 0 Å². The normalized spacial score (nSPS) is 23.8. The number of hydrogen-bond acceptors (Lipinski definition) is 2. The molecule has 0 saturated heterocycles. The molecular formula is C19H16I2O2Zn2. The second-order valence-electron chi connectivity index (χ2n) is 5.44. The van der Waals surface area contributed by atoms with Gasteiger partial charge in [-0.1, -0.05) is 91.4 Å². The van der Waals surface area contributed by atoms with Crippen LogP contribution in [0.2, 0.25) is 0 Å². The van der Waals surface area contributed by atoms with Gasteiger partial charge in [-0.25, -0.2) is 0 Å². The van der Waals surface area contributed by atoms with Crippen molar-refractivity contribution in [2.24, 2.45) is 0 Å². The maximum atomic E-state index is 12.4. The van der Waals surface area contributed by atoms with E-state index in [4.69, 9.17) is 0 Å². The molecular weight excluding hydrogens is 645 g/mol. The van der Waals surface area contributed by atoms with Crippen molar-refractivity contribution in [3.8, 4) is 0 Å². The average molecular weight is 661 g/mol. The van der Waals surface area contributed by atoms with Crippen LogP contribution in [0.3, 0.4) is 0 Å². The first-order chi connectivity index (χ1) is 10.1. The first kappa shape index (κ1) is 27.8. The van der Waals surface area contributed by atoms with Crippen molar-refractivity contribution in [3.63, 3.8) is 0 Å². The molecule has 0 N–H and O–H groups in total. The second kappa shape index (κ2) is 12.1. The topological polar surface area (TPSA) is 46.1 Å². The molecule has 122 valence electrons. The Balaban J connectivity index is 0. The minimum absolute atomic E-state index is 0. The fourth-order valence-electron chi connectivity index (χ4n) is 2.34. The van der Waals surface area contributed by atoms with Crippen LogP contribution in [0.15, 0.2) is 72.8 Å². The molecule has 0 bridgehead atoms. The summed E-state index contributed by atoms with van der Waals surface area (Å²) in [5.74, 6) is 0. The van der Waals surface area contributed by atoms with Gasteiger partial charge in [0.05, 0.1) is 0 Å². The monoisotopic (exact) mass is 658 g/mol. The van der Waals surface area contributed by atoms with E-state index >= 15 is 0 Å². The summed E-state index contributed by atoms with van der Waals surface area (Å²) >= 11 is 0. The first-order valence-corrected chi connectivity index (χ1v) is 7.01. The Bertz CT molecular complexity index is 621. The molecule has 1 aliphatic rings. The number of rotatable bonds is 4. The molecule has 0 radical (unpaired) electrons. The third kappa shape index (κ3) is 7.23. The Kier molecular flexibility index (Phi) is 13.4. The van der Waals surface area contributed by atoms with Crippen molar-refractivity contribution in [3.05, 3.63) is 83.9 Å². The summed E-state index contributed by atoms with van der Waals surface area (Å²) in [6.45, 7) is 0. The molecule has 2 atom stereocenters. The molecule has 3 rings (SSSR count). The summed E-state index contributed by atoms with van der Waals surface area (Å²) in [5.41, 5.74) is -1.19. The zero-order valence-electron chi connectivity index (χ0n) is 13.8. The molecule has 0 aromatic heterocycles. The van der Waals surface area contributed by atoms with Crippen LogP contribution < -0.4 is 58.2 Å². The molecule has 25 heavy (non-hydrogen) atoms. The van der Waals surface area contributed by atoms with E-state index in [0.717, 1.165) is 11.1 Å². The zero-order chi connectivity index (χ0) is 14.8. The standard InChI is InChI=1S/C19H16O2.2HI.2Zn/c20-18(13-11-16-7-3-1-4-8-16)15-19(18,21)14-12-17-9-5-2-6-10-17;;;;/h1-14H,15H2;2*1H;;/q-2;;;2*+2/p-2/b13-11+,14-12+;;;;. The Hall–Kier alpha value is 0.547. The Morgan fingerprint density at radius 2 is 0.960 bits per heavy atom. The van der Waals surface area contributed by atoms with Crippen LogP contribution >= 0.6 is 0 Å². The summed E-state index contributed by atoms with van der Waals surface area (Å²) < 4.78 is 0. The van der Waals surface area contributed by atoms with E-state index in [0.29, 0.717) is 0 Å². The van der Waals surface area contributed by atoms with Gasteiger partial charge in [0.25, 0.3) is 0 Å². The van der Waals surface area contributed by atoms with Gasteiger partial charge in [-0.05, 0) is 11.1 Å². The van der Waals surface area contributed by atoms with Gasteiger partial charge in [0.2, 0.25) is 0 Å². The SMILES string of the molecule is [I-].[I-].[O-]C1(/C=C/c2ccccc2)CC1([O-])/C=C/c1ccccc1.[Zn+2].[Zn+2]. The molecule has 0 aliphatic heterocycles. The van der Waals surface area contributed by atoms with Gasteiger partial charge in [-0.2, -0.15) is 0 Å². The summed E-state index contributed by atoms with van der Waals surface area (Å²) in [7, 11) is 0.